The van der Waals surface area contributed by atoms with Gasteiger partial charge in [-0.1, -0.05) is 59.6 Å². The maximum absolute atomic E-state index is 10.3. The standard InChI is InChI=1S/C17H34OS/c1-8-16(12(2)3)11-14(6)9-10-15(7)17(18,19)13(4)5/h9,12-13,15-16,18-19H,8,10-11H2,1-7H3/b14-9-. The first kappa shape index (κ1) is 19.1. The van der Waals surface area contributed by atoms with Gasteiger partial charge in [0.15, 0.2) is 0 Å². The Hall–Kier alpha value is 0.0500. The number of thiol groups is 1. The van der Waals surface area contributed by atoms with Crippen LogP contribution in [0.15, 0.2) is 11.6 Å². The third-order valence-corrected chi connectivity index (χ3v) is 5.40. The minimum Gasteiger partial charge on any atom is -0.379 e. The maximum Gasteiger partial charge on any atom is 0.112 e. The molecule has 114 valence electrons. The molecular weight excluding hydrogens is 252 g/mol. The second-order valence-electron chi connectivity index (χ2n) is 6.74. The smallest absolute Gasteiger partial charge is 0.112 e. The van der Waals surface area contributed by atoms with E-state index in [0.717, 1.165) is 18.3 Å². The molecule has 19 heavy (non-hydrogen) atoms. The van der Waals surface area contributed by atoms with Gasteiger partial charge in [-0.2, -0.15) is 0 Å². The molecule has 0 fully saturated rings. The zero-order valence-electron chi connectivity index (χ0n) is 13.9. The summed E-state index contributed by atoms with van der Waals surface area (Å²) in [4.78, 5) is -0.876. The van der Waals surface area contributed by atoms with Crippen molar-refractivity contribution in [3.05, 3.63) is 11.6 Å². The van der Waals surface area contributed by atoms with Gasteiger partial charge >= 0.3 is 0 Å². The Bertz CT molecular complexity index is 279. The van der Waals surface area contributed by atoms with Gasteiger partial charge in [-0.05, 0) is 43.4 Å². The summed E-state index contributed by atoms with van der Waals surface area (Å²) in [6.07, 6.45) is 5.60. The fourth-order valence-electron chi connectivity index (χ4n) is 2.47. The van der Waals surface area contributed by atoms with Crippen molar-refractivity contribution in [3.8, 4) is 0 Å². The number of rotatable bonds is 8. The summed E-state index contributed by atoms with van der Waals surface area (Å²) < 4.78 is 0. The molecule has 0 aliphatic heterocycles. The van der Waals surface area contributed by atoms with Crippen molar-refractivity contribution in [2.45, 2.75) is 72.7 Å². The van der Waals surface area contributed by atoms with E-state index in [-0.39, 0.29) is 11.8 Å². The van der Waals surface area contributed by atoms with Crippen LogP contribution in [0.4, 0.5) is 0 Å². The average Bonchev–Trinajstić information content (AvgIpc) is 2.31. The van der Waals surface area contributed by atoms with Crippen molar-refractivity contribution in [1.29, 1.82) is 0 Å². The topological polar surface area (TPSA) is 20.2 Å². The van der Waals surface area contributed by atoms with Crippen LogP contribution in [0, 0.1) is 23.7 Å². The third-order valence-electron chi connectivity index (χ3n) is 4.45. The van der Waals surface area contributed by atoms with Crippen LogP contribution in [-0.4, -0.2) is 10.0 Å². The summed E-state index contributed by atoms with van der Waals surface area (Å²) in [6.45, 7) is 15.2. The summed E-state index contributed by atoms with van der Waals surface area (Å²) in [6, 6.07) is 0. The van der Waals surface area contributed by atoms with Crippen molar-refractivity contribution >= 4 is 12.6 Å². The van der Waals surface area contributed by atoms with Gasteiger partial charge < -0.3 is 5.11 Å². The largest absolute Gasteiger partial charge is 0.379 e. The fraction of sp³-hybridized carbons (Fsp3) is 0.882. The second-order valence-corrected chi connectivity index (χ2v) is 7.46. The first-order valence-corrected chi connectivity index (χ1v) is 8.17. The van der Waals surface area contributed by atoms with E-state index in [9.17, 15) is 5.11 Å². The molecule has 0 aliphatic rings. The Morgan fingerprint density at radius 2 is 1.74 bits per heavy atom. The zero-order chi connectivity index (χ0) is 15.2. The lowest BCUT2D eigenvalue weighted by Gasteiger charge is -2.32. The van der Waals surface area contributed by atoms with E-state index in [2.05, 4.69) is 53.3 Å². The van der Waals surface area contributed by atoms with Crippen molar-refractivity contribution in [3.63, 3.8) is 0 Å². The summed E-state index contributed by atoms with van der Waals surface area (Å²) in [5.74, 6) is 1.85. The Labute approximate surface area is 126 Å². The van der Waals surface area contributed by atoms with Crippen molar-refractivity contribution in [1.82, 2.24) is 0 Å². The monoisotopic (exact) mass is 286 g/mol. The average molecular weight is 287 g/mol. The highest BCUT2D eigenvalue weighted by Gasteiger charge is 2.32. The Kier molecular flexibility index (Phi) is 8.38. The van der Waals surface area contributed by atoms with E-state index in [1.54, 1.807) is 0 Å². The highest BCUT2D eigenvalue weighted by molar-refractivity contribution is 7.81. The molecule has 0 aliphatic carbocycles. The van der Waals surface area contributed by atoms with Crippen LogP contribution in [0.2, 0.25) is 0 Å². The molecule has 0 spiro atoms. The maximum atomic E-state index is 10.3. The van der Waals surface area contributed by atoms with Crippen molar-refractivity contribution in [2.24, 2.45) is 23.7 Å². The van der Waals surface area contributed by atoms with Gasteiger partial charge in [0.25, 0.3) is 0 Å². The second kappa shape index (κ2) is 8.36. The van der Waals surface area contributed by atoms with Gasteiger partial charge in [-0.3, -0.25) is 0 Å². The fourth-order valence-corrected chi connectivity index (χ4v) is 2.57. The molecular formula is C17H34OS. The summed E-state index contributed by atoms with van der Waals surface area (Å²) >= 11 is 4.43. The lowest BCUT2D eigenvalue weighted by Crippen LogP contribution is -2.35. The minimum atomic E-state index is -0.876. The van der Waals surface area contributed by atoms with Crippen molar-refractivity contribution in [2.75, 3.05) is 0 Å². The van der Waals surface area contributed by atoms with Crippen LogP contribution in [0.3, 0.4) is 0 Å². The van der Waals surface area contributed by atoms with Gasteiger partial charge in [0, 0.05) is 0 Å². The Balaban J connectivity index is 4.47. The predicted octanol–water partition coefficient (Wildman–Crippen LogP) is 5.31. The molecule has 0 bridgehead atoms. The first-order valence-electron chi connectivity index (χ1n) is 7.73. The molecule has 0 saturated carbocycles. The summed E-state index contributed by atoms with van der Waals surface area (Å²) in [5, 5.41) is 10.3. The van der Waals surface area contributed by atoms with E-state index >= 15 is 0 Å². The first-order chi connectivity index (χ1) is 8.62. The normalized spacial score (nSPS) is 19.6. The Morgan fingerprint density at radius 3 is 2.11 bits per heavy atom. The van der Waals surface area contributed by atoms with E-state index in [1.807, 2.05) is 13.8 Å². The van der Waals surface area contributed by atoms with E-state index < -0.39 is 4.93 Å². The molecule has 0 radical (unpaired) electrons. The number of allylic oxidation sites excluding steroid dienone is 2. The molecule has 1 nitrogen and oxygen atoms in total. The van der Waals surface area contributed by atoms with Crippen LogP contribution in [0.1, 0.15) is 67.7 Å². The number of aliphatic hydroxyl groups is 1. The lowest BCUT2D eigenvalue weighted by molar-refractivity contribution is 0.0393. The van der Waals surface area contributed by atoms with Gasteiger partial charge in [0.2, 0.25) is 0 Å². The Morgan fingerprint density at radius 1 is 1.21 bits per heavy atom. The van der Waals surface area contributed by atoms with Crippen LogP contribution in [0.5, 0.6) is 0 Å². The molecule has 0 heterocycles. The predicted molar refractivity (Wildman–Crippen MR) is 89.5 cm³/mol. The van der Waals surface area contributed by atoms with Crippen LogP contribution >= 0.6 is 12.6 Å². The van der Waals surface area contributed by atoms with E-state index in [0.29, 0.717) is 0 Å². The number of hydrogen-bond donors (Lipinski definition) is 2. The molecule has 3 unspecified atom stereocenters. The molecule has 0 aromatic carbocycles. The van der Waals surface area contributed by atoms with Crippen LogP contribution in [0.25, 0.3) is 0 Å². The third kappa shape index (κ3) is 6.35. The molecule has 3 atom stereocenters. The quantitative estimate of drug-likeness (QED) is 0.352. The molecule has 0 saturated heterocycles. The van der Waals surface area contributed by atoms with Crippen LogP contribution in [-0.2, 0) is 0 Å². The van der Waals surface area contributed by atoms with E-state index in [4.69, 9.17) is 0 Å². The molecule has 2 heteroatoms. The highest BCUT2D eigenvalue weighted by Crippen LogP contribution is 2.33. The summed E-state index contributed by atoms with van der Waals surface area (Å²) in [5.41, 5.74) is 1.44. The van der Waals surface area contributed by atoms with Gasteiger partial charge in [-0.25, -0.2) is 0 Å². The van der Waals surface area contributed by atoms with Crippen molar-refractivity contribution < 1.29 is 5.11 Å². The molecule has 0 aromatic rings. The molecule has 0 rings (SSSR count). The zero-order valence-corrected chi connectivity index (χ0v) is 14.8. The molecule has 0 amide bonds. The molecule has 0 aromatic heterocycles. The van der Waals surface area contributed by atoms with Crippen LogP contribution < -0.4 is 0 Å². The highest BCUT2D eigenvalue weighted by atomic mass is 32.1. The van der Waals surface area contributed by atoms with Gasteiger partial charge in [0.05, 0.1) is 0 Å². The van der Waals surface area contributed by atoms with E-state index in [1.165, 1.54) is 18.4 Å². The number of hydrogen-bond acceptors (Lipinski definition) is 2. The lowest BCUT2D eigenvalue weighted by atomic mass is 9.86. The SMILES string of the molecule is CCC(C/C(C)=C\CC(C)C(O)(S)C(C)C)C(C)C. The summed E-state index contributed by atoms with van der Waals surface area (Å²) in [7, 11) is 0. The van der Waals surface area contributed by atoms with Gasteiger partial charge in [0.1, 0.15) is 4.93 Å². The van der Waals surface area contributed by atoms with Gasteiger partial charge in [-0.15, -0.1) is 12.6 Å². The molecule has 1 N–H and O–H groups in total. The minimum absolute atomic E-state index is 0.165.